The predicted molar refractivity (Wildman–Crippen MR) is 160 cm³/mol. The monoisotopic (exact) mass is 530 g/mol. The highest BCUT2D eigenvalue weighted by Crippen LogP contribution is 2.33. The third kappa shape index (κ3) is 6.17. The van der Waals surface area contributed by atoms with Crippen molar-refractivity contribution < 1.29 is 3.89 Å². The average Bonchev–Trinajstić information content (AvgIpc) is 3.37. The molecule has 0 spiro atoms. The number of halogens is 1. The molecule has 0 saturated carbocycles. The van der Waals surface area contributed by atoms with E-state index in [1.165, 1.54) is 5.57 Å². The fraction of sp³-hybridized carbons (Fsp3) is 0.200. The van der Waals surface area contributed by atoms with Gasteiger partial charge in [-0.05, 0) is 41.5 Å². The first-order chi connectivity index (χ1) is 17.9. The van der Waals surface area contributed by atoms with E-state index in [2.05, 4.69) is 87.7 Å². The van der Waals surface area contributed by atoms with Crippen LogP contribution in [0.15, 0.2) is 97.2 Å². The lowest BCUT2D eigenvalue weighted by atomic mass is 9.99. The van der Waals surface area contributed by atoms with Gasteiger partial charge in [0.25, 0.3) is 0 Å². The Balaban J connectivity index is 1.79. The van der Waals surface area contributed by atoms with Gasteiger partial charge < -0.3 is 0 Å². The number of fused-ring (bicyclic) bond motifs is 1. The smallest absolute Gasteiger partial charge is 0.177 e. The molecule has 2 heterocycles. The maximum absolute atomic E-state index is 13.6. The standard InChI is InChI=1S/C30H31FN4S2/c1-5-21(3)18-22(4)12-13-23(6-2)28-19-29(35(36)37-31)34-30(33-28)27(20-32-34)26-16-14-25(15-17-26)24-10-8-7-9-11-24/h6-17,19-21,36H,2,5,18H2,1,3-4H3/b22-12+,23-13+/t21-/m1/s1. The van der Waals surface area contributed by atoms with Crippen LogP contribution in [0.25, 0.3) is 33.5 Å². The third-order valence-corrected chi connectivity index (χ3v) is 7.16. The zero-order valence-electron chi connectivity index (χ0n) is 21.3. The van der Waals surface area contributed by atoms with E-state index in [9.17, 15) is 3.89 Å². The summed E-state index contributed by atoms with van der Waals surface area (Å²) in [6.45, 7) is 10.6. The summed E-state index contributed by atoms with van der Waals surface area (Å²) in [4.78, 5) is 4.94. The van der Waals surface area contributed by atoms with E-state index in [0.717, 1.165) is 44.4 Å². The number of nitrogens with zero attached hydrogens (tertiary/aromatic N) is 4. The van der Waals surface area contributed by atoms with Gasteiger partial charge in [-0.2, -0.15) is 9.61 Å². The summed E-state index contributed by atoms with van der Waals surface area (Å²) in [5, 5.41) is 4.51. The molecule has 4 nitrogen and oxygen atoms in total. The quantitative estimate of drug-likeness (QED) is 0.126. The van der Waals surface area contributed by atoms with Gasteiger partial charge in [0.15, 0.2) is 23.8 Å². The maximum Gasteiger partial charge on any atom is 0.177 e. The Morgan fingerprint density at radius 3 is 2.43 bits per heavy atom. The summed E-state index contributed by atoms with van der Waals surface area (Å²) < 4.78 is 16.4. The number of hydrogen-bond acceptors (Lipinski definition) is 5. The summed E-state index contributed by atoms with van der Waals surface area (Å²) >= 11 is 4.30. The largest absolute Gasteiger partial charge is 0.228 e. The van der Waals surface area contributed by atoms with Gasteiger partial charge in [-0.1, -0.05) is 118 Å². The number of benzene rings is 2. The fourth-order valence-corrected chi connectivity index (χ4v) is 4.54. The Hall–Kier alpha value is -3.29. The molecule has 4 rings (SSSR count). The van der Waals surface area contributed by atoms with Gasteiger partial charge in [-0.3, -0.25) is 0 Å². The van der Waals surface area contributed by atoms with Gasteiger partial charge in [0.05, 0.1) is 11.9 Å². The van der Waals surface area contributed by atoms with Crippen molar-refractivity contribution in [1.29, 1.82) is 0 Å². The number of anilines is 1. The highest BCUT2D eigenvalue weighted by atomic mass is 32.2. The summed E-state index contributed by atoms with van der Waals surface area (Å²) in [5.41, 5.74) is 7.50. The Bertz CT molecular complexity index is 1430. The van der Waals surface area contributed by atoms with Crippen molar-refractivity contribution in [1.82, 2.24) is 14.6 Å². The Labute approximate surface area is 228 Å². The van der Waals surface area contributed by atoms with Crippen LogP contribution in [0, 0.1) is 5.92 Å². The first-order valence-corrected chi connectivity index (χ1v) is 13.3. The average molecular weight is 531 g/mol. The van der Waals surface area contributed by atoms with E-state index in [1.54, 1.807) is 22.9 Å². The van der Waals surface area contributed by atoms with Crippen molar-refractivity contribution in [3.63, 3.8) is 0 Å². The van der Waals surface area contributed by atoms with Crippen LogP contribution in [0.1, 0.15) is 39.3 Å². The highest BCUT2D eigenvalue weighted by Gasteiger charge is 2.18. The predicted octanol–water partition coefficient (Wildman–Crippen LogP) is 9.20. The molecule has 4 aromatic rings. The summed E-state index contributed by atoms with van der Waals surface area (Å²) in [6, 6.07) is 20.3. The van der Waals surface area contributed by atoms with Crippen molar-refractivity contribution in [3.8, 4) is 22.3 Å². The van der Waals surface area contributed by atoms with Crippen LogP contribution < -0.4 is 3.71 Å². The van der Waals surface area contributed by atoms with E-state index in [0.29, 0.717) is 23.1 Å². The Kier molecular flexibility index (Phi) is 8.90. The van der Waals surface area contributed by atoms with Crippen molar-refractivity contribution in [2.24, 2.45) is 5.92 Å². The zero-order chi connectivity index (χ0) is 26.4. The van der Waals surface area contributed by atoms with E-state index < -0.39 is 0 Å². The SMILES string of the molecule is C=C/C(=C\C=C(/C)C[C@H](C)CC)c1cc(N(S)SF)n2ncc(-c3ccc(-c4ccccc4)cc3)c2n1. The topological polar surface area (TPSA) is 33.4 Å². The molecule has 0 saturated heterocycles. The Morgan fingerprint density at radius 2 is 1.78 bits per heavy atom. The molecule has 2 aromatic carbocycles. The molecular formula is C30H31FN4S2. The molecule has 1 atom stereocenters. The summed E-state index contributed by atoms with van der Waals surface area (Å²) in [7, 11) is 0. The van der Waals surface area contributed by atoms with Gasteiger partial charge in [-0.15, -0.1) is 3.89 Å². The molecule has 0 N–H and O–H groups in total. The van der Waals surface area contributed by atoms with Crippen LogP contribution in [0.2, 0.25) is 0 Å². The van der Waals surface area contributed by atoms with Crippen molar-refractivity contribution in [2.45, 2.75) is 33.6 Å². The van der Waals surface area contributed by atoms with E-state index >= 15 is 0 Å². The molecule has 0 aliphatic rings. The molecule has 0 unspecified atom stereocenters. The van der Waals surface area contributed by atoms with Gasteiger partial charge in [-0.25, -0.2) is 8.69 Å². The molecule has 0 bridgehead atoms. The van der Waals surface area contributed by atoms with Crippen LogP contribution in [0.4, 0.5) is 9.70 Å². The van der Waals surface area contributed by atoms with Crippen molar-refractivity contribution in [2.75, 3.05) is 3.71 Å². The molecule has 2 aromatic heterocycles. The molecule has 0 aliphatic carbocycles. The van der Waals surface area contributed by atoms with Gasteiger partial charge in [0.2, 0.25) is 0 Å². The molecule has 7 heteroatoms. The van der Waals surface area contributed by atoms with Gasteiger partial charge in [0.1, 0.15) is 0 Å². The summed E-state index contributed by atoms with van der Waals surface area (Å²) in [6.07, 6.45) is 9.82. The van der Waals surface area contributed by atoms with E-state index in [4.69, 9.17) is 4.98 Å². The molecule has 190 valence electrons. The van der Waals surface area contributed by atoms with Crippen LogP contribution in [-0.4, -0.2) is 14.6 Å². The number of hydrogen-bond donors (Lipinski definition) is 1. The molecule has 37 heavy (non-hydrogen) atoms. The van der Waals surface area contributed by atoms with Crippen LogP contribution in [0.5, 0.6) is 0 Å². The molecule has 0 fully saturated rings. The van der Waals surface area contributed by atoms with Gasteiger partial charge in [0, 0.05) is 11.6 Å². The van der Waals surface area contributed by atoms with E-state index in [-0.39, 0.29) is 12.3 Å². The third-order valence-electron chi connectivity index (χ3n) is 6.45. The number of thiol groups is 1. The summed E-state index contributed by atoms with van der Waals surface area (Å²) in [5.74, 6) is 1.08. The van der Waals surface area contributed by atoms with Gasteiger partial charge >= 0.3 is 0 Å². The number of rotatable bonds is 10. The molecule has 0 amide bonds. The molecule has 0 aliphatic heterocycles. The second-order valence-electron chi connectivity index (χ2n) is 9.14. The van der Waals surface area contributed by atoms with Crippen LogP contribution in [0.3, 0.4) is 0 Å². The minimum atomic E-state index is 0.00463. The number of aromatic nitrogens is 3. The normalized spacial score (nSPS) is 13.1. The lowest BCUT2D eigenvalue weighted by Crippen LogP contribution is -2.07. The first-order valence-electron chi connectivity index (χ1n) is 12.3. The second-order valence-corrected chi connectivity index (χ2v) is 10.3. The minimum Gasteiger partial charge on any atom is -0.228 e. The lowest BCUT2D eigenvalue weighted by molar-refractivity contribution is 0.557. The second kappa shape index (κ2) is 12.3. The zero-order valence-corrected chi connectivity index (χ0v) is 23.0. The minimum absolute atomic E-state index is 0.00463. The van der Waals surface area contributed by atoms with E-state index in [1.807, 2.05) is 24.3 Å². The van der Waals surface area contributed by atoms with Crippen molar-refractivity contribution in [3.05, 3.63) is 103 Å². The first kappa shape index (κ1) is 26.8. The number of allylic oxidation sites excluding steroid dienone is 5. The maximum atomic E-state index is 13.6. The fourth-order valence-electron chi connectivity index (χ4n) is 4.20. The lowest BCUT2D eigenvalue weighted by Gasteiger charge is -2.14. The van der Waals surface area contributed by atoms with Crippen LogP contribution in [-0.2, 0) is 0 Å². The van der Waals surface area contributed by atoms with Crippen molar-refractivity contribution >= 4 is 42.2 Å². The highest BCUT2D eigenvalue weighted by molar-refractivity contribution is 8.08. The Morgan fingerprint density at radius 1 is 1.11 bits per heavy atom. The molecule has 0 radical (unpaired) electrons. The molecular weight excluding hydrogens is 499 g/mol. The van der Waals surface area contributed by atoms with Crippen LogP contribution >= 0.6 is 25.1 Å².